The van der Waals surface area contributed by atoms with Gasteiger partial charge in [-0.2, -0.15) is 4.99 Å². The molecular formula is C20H17ClN2O3S. The number of methoxy groups -OCH3 is 1. The van der Waals surface area contributed by atoms with Gasteiger partial charge >= 0.3 is 5.97 Å². The van der Waals surface area contributed by atoms with Gasteiger partial charge in [-0.15, -0.1) is 0 Å². The van der Waals surface area contributed by atoms with Crippen LogP contribution in [0.3, 0.4) is 0 Å². The highest BCUT2D eigenvalue weighted by molar-refractivity contribution is 7.16. The molecule has 5 nitrogen and oxygen atoms in total. The number of carbonyl (C=O) groups excluding carboxylic acids is 2. The van der Waals surface area contributed by atoms with Crippen LogP contribution < -0.4 is 4.80 Å². The molecule has 1 amide bonds. The first-order chi connectivity index (χ1) is 13.0. The Hall–Kier alpha value is -2.70. The molecule has 0 aliphatic heterocycles. The highest BCUT2D eigenvalue weighted by atomic mass is 35.5. The molecule has 27 heavy (non-hydrogen) atoms. The maximum atomic E-state index is 12.3. The number of ether oxygens (including phenoxy) is 1. The van der Waals surface area contributed by atoms with Crippen LogP contribution in [0.5, 0.6) is 0 Å². The molecule has 0 aliphatic rings. The molecule has 0 saturated heterocycles. The predicted molar refractivity (Wildman–Crippen MR) is 108 cm³/mol. The Morgan fingerprint density at radius 1 is 1.22 bits per heavy atom. The minimum atomic E-state index is -0.433. The molecule has 7 heteroatoms. The number of rotatable bonds is 4. The lowest BCUT2D eigenvalue weighted by Crippen LogP contribution is -2.22. The van der Waals surface area contributed by atoms with Gasteiger partial charge in [-0.3, -0.25) is 9.59 Å². The van der Waals surface area contributed by atoms with Crippen LogP contribution in [0.2, 0.25) is 5.02 Å². The number of aromatic nitrogens is 1. The molecule has 0 bridgehead atoms. The number of benzene rings is 2. The van der Waals surface area contributed by atoms with Crippen molar-refractivity contribution in [1.29, 1.82) is 0 Å². The van der Waals surface area contributed by atoms with E-state index in [1.54, 1.807) is 16.7 Å². The van der Waals surface area contributed by atoms with Crippen LogP contribution in [0.25, 0.3) is 16.3 Å². The fourth-order valence-corrected chi connectivity index (χ4v) is 3.95. The fourth-order valence-electron chi connectivity index (χ4n) is 2.64. The zero-order valence-electron chi connectivity index (χ0n) is 14.8. The van der Waals surface area contributed by atoms with Crippen molar-refractivity contribution in [1.82, 2.24) is 4.57 Å². The molecule has 0 fully saturated rings. The number of esters is 1. The molecule has 0 N–H and O–H groups in total. The third-order valence-corrected chi connectivity index (χ3v) is 5.32. The summed E-state index contributed by atoms with van der Waals surface area (Å²) in [4.78, 5) is 28.8. The van der Waals surface area contributed by atoms with Crippen molar-refractivity contribution in [2.75, 3.05) is 7.11 Å². The Bertz CT molecular complexity index is 1110. The normalized spacial score (nSPS) is 12.0. The molecule has 2 aromatic carbocycles. The van der Waals surface area contributed by atoms with E-state index in [1.807, 2.05) is 43.3 Å². The first-order valence-corrected chi connectivity index (χ1v) is 9.36. The van der Waals surface area contributed by atoms with Gasteiger partial charge in [-0.25, -0.2) is 0 Å². The minimum absolute atomic E-state index is 0.0122. The van der Waals surface area contributed by atoms with Crippen LogP contribution in [0.4, 0.5) is 0 Å². The zero-order chi connectivity index (χ0) is 19.4. The predicted octanol–water partition coefficient (Wildman–Crippen LogP) is 3.98. The number of fused-ring (bicyclic) bond motifs is 1. The van der Waals surface area contributed by atoms with E-state index in [-0.39, 0.29) is 6.54 Å². The molecule has 138 valence electrons. The van der Waals surface area contributed by atoms with Gasteiger partial charge in [-0.05, 0) is 36.3 Å². The average molecular weight is 401 g/mol. The van der Waals surface area contributed by atoms with Gasteiger partial charge in [0.2, 0.25) is 0 Å². The summed E-state index contributed by atoms with van der Waals surface area (Å²) in [5.74, 6) is -0.837. The maximum Gasteiger partial charge on any atom is 0.325 e. The van der Waals surface area contributed by atoms with Crippen LogP contribution in [-0.2, 0) is 20.9 Å². The summed E-state index contributed by atoms with van der Waals surface area (Å²) >= 11 is 7.44. The van der Waals surface area contributed by atoms with Crippen LogP contribution in [0.1, 0.15) is 11.1 Å². The van der Waals surface area contributed by atoms with Crippen LogP contribution >= 0.6 is 22.9 Å². The molecule has 1 aromatic heterocycles. The first kappa shape index (κ1) is 19.1. The van der Waals surface area contributed by atoms with Crippen LogP contribution in [0.15, 0.2) is 53.5 Å². The number of hydrogen-bond acceptors (Lipinski definition) is 4. The van der Waals surface area contributed by atoms with E-state index in [2.05, 4.69) is 4.99 Å². The number of carbonyl (C=O) groups is 2. The Labute approximate surface area is 165 Å². The number of para-hydroxylation sites is 1. The standard InChI is InChI=1S/C20H17ClN2O3S/c1-13-6-5-9-16-19(13)23(12-18(25)26-2)20(27-16)22-17(24)11-10-14-7-3-4-8-15(14)21/h3-11H,12H2,1-2H3. The fraction of sp³-hybridized carbons (Fsp3) is 0.150. The van der Waals surface area contributed by atoms with Gasteiger partial charge in [0.15, 0.2) is 4.80 Å². The summed E-state index contributed by atoms with van der Waals surface area (Å²) in [7, 11) is 1.33. The van der Waals surface area contributed by atoms with E-state index in [9.17, 15) is 9.59 Å². The lowest BCUT2D eigenvalue weighted by Gasteiger charge is -2.05. The molecule has 0 radical (unpaired) electrons. The monoisotopic (exact) mass is 400 g/mol. The second-order valence-corrected chi connectivity index (χ2v) is 7.19. The van der Waals surface area contributed by atoms with Gasteiger partial charge in [-0.1, -0.05) is 53.3 Å². The summed E-state index contributed by atoms with van der Waals surface area (Å²) in [5.41, 5.74) is 2.60. The topological polar surface area (TPSA) is 60.7 Å². The molecule has 3 rings (SSSR count). The van der Waals surface area contributed by atoms with E-state index in [1.165, 1.54) is 24.5 Å². The molecule has 0 aliphatic carbocycles. The van der Waals surface area contributed by atoms with Gasteiger partial charge in [0.05, 0.1) is 17.3 Å². The summed E-state index contributed by atoms with van der Waals surface area (Å²) in [6, 6.07) is 13.0. The van der Waals surface area contributed by atoms with E-state index in [4.69, 9.17) is 16.3 Å². The Morgan fingerprint density at radius 3 is 2.74 bits per heavy atom. The summed E-state index contributed by atoms with van der Waals surface area (Å²) < 4.78 is 7.44. The Kier molecular flexibility index (Phi) is 5.88. The zero-order valence-corrected chi connectivity index (χ0v) is 16.4. The van der Waals surface area contributed by atoms with Crippen molar-refractivity contribution in [3.05, 3.63) is 69.5 Å². The van der Waals surface area contributed by atoms with Crippen molar-refractivity contribution in [2.24, 2.45) is 4.99 Å². The highest BCUT2D eigenvalue weighted by Crippen LogP contribution is 2.21. The second-order valence-electron chi connectivity index (χ2n) is 5.77. The van der Waals surface area contributed by atoms with Gasteiger partial charge in [0, 0.05) is 11.1 Å². The molecule has 0 atom stereocenters. The SMILES string of the molecule is COC(=O)Cn1c(=NC(=O)C=Cc2ccccc2Cl)sc2cccc(C)c21. The number of hydrogen-bond donors (Lipinski definition) is 0. The van der Waals surface area contributed by atoms with E-state index in [0.29, 0.717) is 9.82 Å². The molecule has 0 saturated carbocycles. The molecule has 0 spiro atoms. The Balaban J connectivity index is 2.03. The van der Waals surface area contributed by atoms with Gasteiger partial charge in [0.25, 0.3) is 5.91 Å². The van der Waals surface area contributed by atoms with Crippen molar-refractivity contribution < 1.29 is 14.3 Å². The molecule has 0 unspecified atom stereocenters. The first-order valence-electron chi connectivity index (χ1n) is 8.16. The Morgan fingerprint density at radius 2 is 2.00 bits per heavy atom. The third kappa shape index (κ3) is 4.35. The number of amides is 1. The largest absolute Gasteiger partial charge is 0.468 e. The molecular weight excluding hydrogens is 384 g/mol. The van der Waals surface area contributed by atoms with E-state index >= 15 is 0 Å². The maximum absolute atomic E-state index is 12.3. The molecule has 1 heterocycles. The van der Waals surface area contributed by atoms with Gasteiger partial charge in [0.1, 0.15) is 6.54 Å². The second kappa shape index (κ2) is 8.33. The average Bonchev–Trinajstić information content (AvgIpc) is 2.99. The van der Waals surface area contributed by atoms with Crippen molar-refractivity contribution in [2.45, 2.75) is 13.5 Å². The lowest BCUT2D eigenvalue weighted by molar-refractivity contribution is -0.141. The number of nitrogens with zero attached hydrogens (tertiary/aromatic N) is 2. The minimum Gasteiger partial charge on any atom is -0.468 e. The van der Waals surface area contributed by atoms with Crippen molar-refractivity contribution >= 4 is 51.1 Å². The molecule has 3 aromatic rings. The van der Waals surface area contributed by atoms with Crippen molar-refractivity contribution in [3.8, 4) is 0 Å². The van der Waals surface area contributed by atoms with Gasteiger partial charge < -0.3 is 9.30 Å². The quantitative estimate of drug-likeness (QED) is 0.491. The van der Waals surface area contributed by atoms with Crippen molar-refractivity contribution in [3.63, 3.8) is 0 Å². The number of aryl methyl sites for hydroxylation is 1. The number of thiazole rings is 1. The van der Waals surface area contributed by atoms with E-state index in [0.717, 1.165) is 21.3 Å². The summed E-state index contributed by atoms with van der Waals surface area (Å²) in [5, 5.41) is 0.555. The number of halogens is 1. The van der Waals surface area contributed by atoms with Crippen LogP contribution in [-0.4, -0.2) is 23.6 Å². The summed E-state index contributed by atoms with van der Waals surface area (Å²) in [6.45, 7) is 1.94. The third-order valence-electron chi connectivity index (χ3n) is 3.93. The highest BCUT2D eigenvalue weighted by Gasteiger charge is 2.12. The van der Waals surface area contributed by atoms with Crippen LogP contribution in [0, 0.1) is 6.92 Å². The lowest BCUT2D eigenvalue weighted by atomic mass is 10.2. The smallest absolute Gasteiger partial charge is 0.325 e. The van der Waals surface area contributed by atoms with E-state index < -0.39 is 11.9 Å². The summed E-state index contributed by atoms with van der Waals surface area (Å²) in [6.07, 6.45) is 2.98.